The van der Waals surface area contributed by atoms with Gasteiger partial charge in [-0.15, -0.1) is 11.3 Å². The van der Waals surface area contributed by atoms with Crippen LogP contribution in [0.5, 0.6) is 0 Å². The Kier molecular flexibility index (Phi) is 2.24. The molecule has 3 nitrogen and oxygen atoms in total. The highest BCUT2D eigenvalue weighted by Crippen LogP contribution is 2.20. The van der Waals surface area contributed by atoms with Crippen LogP contribution in [-0.2, 0) is 0 Å². The van der Waals surface area contributed by atoms with Gasteiger partial charge < -0.3 is 0 Å². The summed E-state index contributed by atoms with van der Waals surface area (Å²) in [5.41, 5.74) is 1.62. The topological polar surface area (TPSA) is 38.7 Å². The van der Waals surface area contributed by atoms with Crippen molar-refractivity contribution in [1.29, 1.82) is 0 Å². The van der Waals surface area contributed by atoms with Crippen LogP contribution >= 0.6 is 22.9 Å². The van der Waals surface area contributed by atoms with E-state index >= 15 is 0 Å². The number of halogens is 1. The summed E-state index contributed by atoms with van der Waals surface area (Å²) in [6.45, 7) is 1.96. The normalized spacial score (nSPS) is 10.3. The number of hydrogen-bond donors (Lipinski definition) is 0. The summed E-state index contributed by atoms with van der Waals surface area (Å²) < 4.78 is 0. The highest BCUT2D eigenvalue weighted by Gasteiger charge is 2.03. The fraction of sp³-hybridized carbons (Fsp3) is 0.125. The minimum atomic E-state index is 0.440. The van der Waals surface area contributed by atoms with E-state index in [0.717, 1.165) is 16.4 Å². The number of aromatic nitrogens is 3. The molecule has 2 aromatic rings. The molecule has 0 N–H and O–H groups in total. The molecule has 0 fully saturated rings. The Labute approximate surface area is 84.5 Å². The third kappa shape index (κ3) is 1.84. The van der Waals surface area contributed by atoms with Gasteiger partial charge >= 0.3 is 0 Å². The third-order valence-electron chi connectivity index (χ3n) is 1.52. The van der Waals surface area contributed by atoms with E-state index in [-0.39, 0.29) is 0 Å². The van der Waals surface area contributed by atoms with Gasteiger partial charge in [-0.2, -0.15) is 0 Å². The molecule has 0 aliphatic carbocycles. The lowest BCUT2D eigenvalue weighted by molar-refractivity contribution is 1.15. The maximum atomic E-state index is 5.73. The van der Waals surface area contributed by atoms with Crippen molar-refractivity contribution in [3.8, 4) is 11.4 Å². The molecule has 0 unspecified atom stereocenters. The van der Waals surface area contributed by atoms with Gasteiger partial charge in [0.1, 0.15) is 11.5 Å². The average molecular weight is 212 g/mol. The Hall–Kier alpha value is -1.00. The lowest BCUT2D eigenvalue weighted by atomic mass is 10.3. The number of rotatable bonds is 1. The number of aryl methyl sites for hydroxylation is 1. The molecule has 0 spiro atoms. The first-order chi connectivity index (χ1) is 6.25. The second-order valence-electron chi connectivity index (χ2n) is 2.48. The molecule has 2 heterocycles. The van der Waals surface area contributed by atoms with Gasteiger partial charge in [-0.3, -0.25) is 0 Å². The highest BCUT2D eigenvalue weighted by molar-refractivity contribution is 7.09. The lowest BCUT2D eigenvalue weighted by Gasteiger charge is -1.94. The maximum Gasteiger partial charge on any atom is 0.133 e. The molecule has 0 aromatic carbocycles. The van der Waals surface area contributed by atoms with Crippen LogP contribution in [0, 0.1) is 6.92 Å². The Morgan fingerprint density at radius 3 is 2.77 bits per heavy atom. The average Bonchev–Trinajstić information content (AvgIpc) is 2.52. The maximum absolute atomic E-state index is 5.73. The van der Waals surface area contributed by atoms with E-state index in [1.165, 1.54) is 6.33 Å². The van der Waals surface area contributed by atoms with Crippen LogP contribution in [0.15, 0.2) is 17.8 Å². The SMILES string of the molecule is Cc1nc(-c2cc(Cl)ncn2)cs1. The minimum absolute atomic E-state index is 0.440. The van der Waals surface area contributed by atoms with Gasteiger partial charge in [-0.25, -0.2) is 15.0 Å². The molecule has 13 heavy (non-hydrogen) atoms. The largest absolute Gasteiger partial charge is 0.240 e. The molecule has 0 aliphatic rings. The summed E-state index contributed by atoms with van der Waals surface area (Å²) in [6.07, 6.45) is 1.44. The van der Waals surface area contributed by atoms with Crippen molar-refractivity contribution >= 4 is 22.9 Å². The van der Waals surface area contributed by atoms with Crippen molar-refractivity contribution in [2.75, 3.05) is 0 Å². The van der Waals surface area contributed by atoms with Gasteiger partial charge in [0, 0.05) is 11.4 Å². The molecule has 2 rings (SSSR count). The Morgan fingerprint density at radius 1 is 1.31 bits per heavy atom. The molecule has 0 aliphatic heterocycles. The predicted molar refractivity (Wildman–Crippen MR) is 52.9 cm³/mol. The smallest absolute Gasteiger partial charge is 0.133 e. The summed E-state index contributed by atoms with van der Waals surface area (Å²) >= 11 is 7.32. The van der Waals surface area contributed by atoms with Gasteiger partial charge in [0.2, 0.25) is 0 Å². The molecular formula is C8H6ClN3S. The van der Waals surface area contributed by atoms with Crippen molar-refractivity contribution in [3.05, 3.63) is 27.9 Å². The van der Waals surface area contributed by atoms with E-state index < -0.39 is 0 Å². The van der Waals surface area contributed by atoms with Crippen LogP contribution in [0.25, 0.3) is 11.4 Å². The van der Waals surface area contributed by atoms with E-state index in [0.29, 0.717) is 5.15 Å². The van der Waals surface area contributed by atoms with Crippen LogP contribution in [0.3, 0.4) is 0 Å². The first-order valence-electron chi connectivity index (χ1n) is 3.66. The third-order valence-corrected chi connectivity index (χ3v) is 2.50. The van der Waals surface area contributed by atoms with E-state index in [4.69, 9.17) is 11.6 Å². The summed E-state index contributed by atoms with van der Waals surface area (Å²) in [7, 11) is 0. The van der Waals surface area contributed by atoms with E-state index in [9.17, 15) is 0 Å². The second kappa shape index (κ2) is 3.40. The zero-order valence-electron chi connectivity index (χ0n) is 6.86. The molecule has 0 saturated heterocycles. The van der Waals surface area contributed by atoms with Gasteiger partial charge in [-0.1, -0.05) is 11.6 Å². The molecule has 2 aromatic heterocycles. The van der Waals surface area contributed by atoms with Gasteiger partial charge in [0.15, 0.2) is 0 Å². The second-order valence-corrected chi connectivity index (χ2v) is 3.93. The first-order valence-corrected chi connectivity index (χ1v) is 4.91. The minimum Gasteiger partial charge on any atom is -0.240 e. The first kappa shape index (κ1) is 8.59. The predicted octanol–water partition coefficient (Wildman–Crippen LogP) is 2.56. The van der Waals surface area contributed by atoms with Gasteiger partial charge in [-0.05, 0) is 6.92 Å². The Bertz CT molecular complexity index is 427. The molecule has 0 amide bonds. The van der Waals surface area contributed by atoms with Gasteiger partial charge in [0.25, 0.3) is 0 Å². The molecule has 66 valence electrons. The number of thiazole rings is 1. The van der Waals surface area contributed by atoms with Gasteiger partial charge in [0.05, 0.1) is 16.4 Å². The summed E-state index contributed by atoms with van der Waals surface area (Å²) in [5, 5.41) is 3.41. The van der Waals surface area contributed by atoms with Crippen LogP contribution < -0.4 is 0 Å². The standard InChI is InChI=1S/C8H6ClN3S/c1-5-12-7(3-13-5)6-2-8(9)11-4-10-6/h2-4H,1H3. The molecule has 0 radical (unpaired) electrons. The molecule has 0 saturated carbocycles. The van der Waals surface area contributed by atoms with Crippen molar-refractivity contribution < 1.29 is 0 Å². The number of hydrogen-bond acceptors (Lipinski definition) is 4. The Balaban J connectivity index is 2.46. The monoisotopic (exact) mass is 211 g/mol. The highest BCUT2D eigenvalue weighted by atomic mass is 35.5. The summed E-state index contributed by atoms with van der Waals surface area (Å²) in [4.78, 5) is 12.2. The van der Waals surface area contributed by atoms with Crippen molar-refractivity contribution in [1.82, 2.24) is 15.0 Å². The zero-order valence-corrected chi connectivity index (χ0v) is 8.43. The van der Waals surface area contributed by atoms with Crippen LogP contribution in [-0.4, -0.2) is 15.0 Å². The van der Waals surface area contributed by atoms with E-state index in [1.54, 1.807) is 17.4 Å². The van der Waals surface area contributed by atoms with Crippen molar-refractivity contribution in [2.24, 2.45) is 0 Å². The molecular weight excluding hydrogens is 206 g/mol. The lowest BCUT2D eigenvalue weighted by Crippen LogP contribution is -1.85. The zero-order chi connectivity index (χ0) is 9.26. The molecule has 5 heteroatoms. The molecule has 0 atom stereocenters. The van der Waals surface area contributed by atoms with E-state index in [1.807, 2.05) is 12.3 Å². The van der Waals surface area contributed by atoms with E-state index in [2.05, 4.69) is 15.0 Å². The van der Waals surface area contributed by atoms with Crippen LogP contribution in [0.1, 0.15) is 5.01 Å². The fourth-order valence-electron chi connectivity index (χ4n) is 0.955. The summed E-state index contributed by atoms with van der Waals surface area (Å²) in [6, 6.07) is 1.70. The summed E-state index contributed by atoms with van der Waals surface area (Å²) in [5.74, 6) is 0. The quantitative estimate of drug-likeness (QED) is 0.681. The van der Waals surface area contributed by atoms with Crippen LogP contribution in [0.2, 0.25) is 5.15 Å². The Morgan fingerprint density at radius 2 is 2.15 bits per heavy atom. The molecule has 0 bridgehead atoms. The van der Waals surface area contributed by atoms with Crippen molar-refractivity contribution in [2.45, 2.75) is 6.92 Å². The van der Waals surface area contributed by atoms with Crippen LogP contribution in [0.4, 0.5) is 0 Å². The number of nitrogens with zero attached hydrogens (tertiary/aromatic N) is 3. The fourth-order valence-corrected chi connectivity index (χ4v) is 1.71. The van der Waals surface area contributed by atoms with Crippen molar-refractivity contribution in [3.63, 3.8) is 0 Å².